The average Bonchev–Trinajstić information content (AvgIpc) is 2.42. The van der Waals surface area contributed by atoms with Gasteiger partial charge in [0.2, 0.25) is 5.88 Å². The maximum atomic E-state index is 5.98. The Balaban J connectivity index is 2.35. The molecule has 0 atom stereocenters. The molecule has 0 aliphatic heterocycles. The van der Waals surface area contributed by atoms with E-state index in [9.17, 15) is 0 Å². The van der Waals surface area contributed by atoms with Gasteiger partial charge in [0.05, 0.1) is 5.56 Å². The van der Waals surface area contributed by atoms with Crippen molar-refractivity contribution in [2.75, 3.05) is 11.9 Å². The molecule has 0 aliphatic carbocycles. The fraction of sp³-hybridized carbons (Fsp3) is 0.375. The lowest BCUT2D eigenvalue weighted by atomic mass is 10.1. The Kier molecular flexibility index (Phi) is 4.56. The number of anilines is 1. The molecule has 1 aromatic heterocycles. The summed E-state index contributed by atoms with van der Waals surface area (Å²) in [5.74, 6) is 2.32. The second kappa shape index (κ2) is 6.37. The van der Waals surface area contributed by atoms with Crippen molar-refractivity contribution in [3.8, 4) is 11.6 Å². The molecule has 0 aliphatic rings. The van der Waals surface area contributed by atoms with Crippen LogP contribution in [-0.2, 0) is 6.42 Å². The van der Waals surface area contributed by atoms with Gasteiger partial charge in [0.25, 0.3) is 0 Å². The monoisotopic (exact) mass is 271 g/mol. The molecular weight excluding hydrogens is 250 g/mol. The van der Waals surface area contributed by atoms with Gasteiger partial charge in [-0.05, 0) is 38.8 Å². The topological polar surface area (TPSA) is 47.0 Å². The van der Waals surface area contributed by atoms with Crippen molar-refractivity contribution in [1.29, 1.82) is 0 Å². The van der Waals surface area contributed by atoms with Gasteiger partial charge in [0.15, 0.2) is 0 Å². The Hall–Kier alpha value is -2.10. The minimum atomic E-state index is 0.630. The largest absolute Gasteiger partial charge is 0.438 e. The summed E-state index contributed by atoms with van der Waals surface area (Å²) in [6.07, 6.45) is 2.36. The Morgan fingerprint density at radius 1 is 1.15 bits per heavy atom. The highest BCUT2D eigenvalue weighted by Crippen LogP contribution is 2.29. The fourth-order valence-electron chi connectivity index (χ4n) is 2.14. The number of benzene rings is 1. The van der Waals surface area contributed by atoms with Crippen LogP contribution in [0.1, 0.15) is 30.5 Å². The van der Waals surface area contributed by atoms with E-state index in [-0.39, 0.29) is 0 Å². The summed E-state index contributed by atoms with van der Waals surface area (Å²) in [6.45, 7) is 9.07. The van der Waals surface area contributed by atoms with Gasteiger partial charge >= 0.3 is 0 Å². The van der Waals surface area contributed by atoms with Gasteiger partial charge in [-0.3, -0.25) is 0 Å². The standard InChI is InChI=1S/C16H21N3O/c1-5-13-15(17-6-2)18-10-19-16(13)20-14-8-7-11(3)9-12(14)4/h7-10H,5-6H2,1-4H3,(H,17,18,19). The third-order valence-corrected chi connectivity index (χ3v) is 3.14. The van der Waals surface area contributed by atoms with E-state index in [1.165, 1.54) is 11.9 Å². The Bertz CT molecular complexity index is 596. The molecule has 2 rings (SSSR count). The SMILES string of the molecule is CCNc1ncnc(Oc2ccc(C)cc2C)c1CC. The van der Waals surface area contributed by atoms with E-state index in [1.54, 1.807) is 0 Å². The highest BCUT2D eigenvalue weighted by Gasteiger charge is 2.12. The van der Waals surface area contributed by atoms with Gasteiger partial charge in [-0.2, -0.15) is 0 Å². The minimum absolute atomic E-state index is 0.630. The van der Waals surface area contributed by atoms with E-state index in [2.05, 4.69) is 35.2 Å². The van der Waals surface area contributed by atoms with Crippen LogP contribution in [0, 0.1) is 13.8 Å². The maximum absolute atomic E-state index is 5.98. The molecule has 20 heavy (non-hydrogen) atoms. The fourth-order valence-corrected chi connectivity index (χ4v) is 2.14. The van der Waals surface area contributed by atoms with Crippen molar-refractivity contribution in [3.05, 3.63) is 41.2 Å². The van der Waals surface area contributed by atoms with Gasteiger partial charge in [-0.1, -0.05) is 24.6 Å². The van der Waals surface area contributed by atoms with Crippen LogP contribution < -0.4 is 10.1 Å². The summed E-state index contributed by atoms with van der Waals surface area (Å²) in [5, 5.41) is 3.25. The first-order valence-corrected chi connectivity index (χ1v) is 6.98. The molecule has 4 heteroatoms. The summed E-state index contributed by atoms with van der Waals surface area (Å²) in [7, 11) is 0. The average molecular weight is 271 g/mol. The van der Waals surface area contributed by atoms with E-state index < -0.39 is 0 Å². The zero-order valence-electron chi connectivity index (χ0n) is 12.5. The third kappa shape index (κ3) is 3.07. The van der Waals surface area contributed by atoms with Crippen LogP contribution in [0.15, 0.2) is 24.5 Å². The highest BCUT2D eigenvalue weighted by atomic mass is 16.5. The molecule has 1 heterocycles. The lowest BCUT2D eigenvalue weighted by Gasteiger charge is -2.14. The van der Waals surface area contributed by atoms with Crippen LogP contribution in [0.25, 0.3) is 0 Å². The van der Waals surface area contributed by atoms with Crippen LogP contribution in [0.5, 0.6) is 11.6 Å². The van der Waals surface area contributed by atoms with Gasteiger partial charge in [0.1, 0.15) is 17.9 Å². The van der Waals surface area contributed by atoms with E-state index in [1.807, 2.05) is 26.0 Å². The molecule has 0 fully saturated rings. The Morgan fingerprint density at radius 3 is 2.60 bits per heavy atom. The number of nitrogens with one attached hydrogen (secondary N) is 1. The van der Waals surface area contributed by atoms with Crippen LogP contribution in [-0.4, -0.2) is 16.5 Å². The van der Waals surface area contributed by atoms with Gasteiger partial charge in [-0.15, -0.1) is 0 Å². The lowest BCUT2D eigenvalue weighted by Crippen LogP contribution is -2.06. The van der Waals surface area contributed by atoms with E-state index >= 15 is 0 Å². The lowest BCUT2D eigenvalue weighted by molar-refractivity contribution is 0.452. The summed E-state index contributed by atoms with van der Waals surface area (Å²) in [4.78, 5) is 8.55. The second-order valence-electron chi connectivity index (χ2n) is 4.76. The van der Waals surface area contributed by atoms with E-state index in [0.29, 0.717) is 5.88 Å². The first kappa shape index (κ1) is 14.3. The van der Waals surface area contributed by atoms with Crippen LogP contribution in [0.2, 0.25) is 0 Å². The van der Waals surface area contributed by atoms with Gasteiger partial charge in [0, 0.05) is 6.54 Å². The summed E-state index contributed by atoms with van der Waals surface area (Å²) in [5.41, 5.74) is 3.34. The molecule has 4 nitrogen and oxygen atoms in total. The van der Waals surface area contributed by atoms with Crippen molar-refractivity contribution in [2.45, 2.75) is 34.1 Å². The van der Waals surface area contributed by atoms with Crippen molar-refractivity contribution < 1.29 is 4.74 Å². The predicted octanol–water partition coefficient (Wildman–Crippen LogP) is 3.88. The second-order valence-corrected chi connectivity index (χ2v) is 4.76. The summed E-state index contributed by atoms with van der Waals surface area (Å²) in [6, 6.07) is 6.13. The zero-order valence-corrected chi connectivity index (χ0v) is 12.5. The van der Waals surface area contributed by atoms with E-state index in [0.717, 1.165) is 35.7 Å². The quantitative estimate of drug-likeness (QED) is 0.896. The summed E-state index contributed by atoms with van der Waals surface area (Å²) < 4.78 is 5.98. The number of ether oxygens (including phenoxy) is 1. The molecule has 0 spiro atoms. The smallest absolute Gasteiger partial charge is 0.227 e. The Morgan fingerprint density at radius 2 is 1.95 bits per heavy atom. The van der Waals surface area contributed by atoms with Crippen molar-refractivity contribution in [1.82, 2.24) is 9.97 Å². The van der Waals surface area contributed by atoms with Crippen LogP contribution >= 0.6 is 0 Å². The molecule has 0 saturated carbocycles. The maximum Gasteiger partial charge on any atom is 0.227 e. The third-order valence-electron chi connectivity index (χ3n) is 3.14. The molecule has 1 N–H and O–H groups in total. The summed E-state index contributed by atoms with van der Waals surface area (Å²) >= 11 is 0. The molecule has 0 saturated heterocycles. The number of nitrogens with zero attached hydrogens (tertiary/aromatic N) is 2. The molecule has 106 valence electrons. The van der Waals surface area contributed by atoms with E-state index in [4.69, 9.17) is 4.74 Å². The zero-order chi connectivity index (χ0) is 14.5. The number of aromatic nitrogens is 2. The molecule has 0 radical (unpaired) electrons. The van der Waals surface area contributed by atoms with Gasteiger partial charge < -0.3 is 10.1 Å². The first-order valence-electron chi connectivity index (χ1n) is 6.98. The molecule has 0 bridgehead atoms. The number of hydrogen-bond acceptors (Lipinski definition) is 4. The van der Waals surface area contributed by atoms with Crippen molar-refractivity contribution in [3.63, 3.8) is 0 Å². The predicted molar refractivity (Wildman–Crippen MR) is 81.6 cm³/mol. The highest BCUT2D eigenvalue weighted by molar-refractivity contribution is 5.50. The van der Waals surface area contributed by atoms with Crippen molar-refractivity contribution in [2.24, 2.45) is 0 Å². The Labute approximate surface area is 120 Å². The van der Waals surface area contributed by atoms with Gasteiger partial charge in [-0.25, -0.2) is 9.97 Å². The number of aryl methyl sites for hydroxylation is 2. The number of hydrogen-bond donors (Lipinski definition) is 1. The minimum Gasteiger partial charge on any atom is -0.438 e. The first-order chi connectivity index (χ1) is 9.65. The molecule has 1 aromatic carbocycles. The molecule has 2 aromatic rings. The van der Waals surface area contributed by atoms with Crippen LogP contribution in [0.3, 0.4) is 0 Å². The van der Waals surface area contributed by atoms with Crippen molar-refractivity contribution >= 4 is 5.82 Å². The normalized spacial score (nSPS) is 10.4. The molecule has 0 amide bonds. The molecular formula is C16H21N3O. The number of rotatable bonds is 5. The van der Waals surface area contributed by atoms with Crippen LogP contribution in [0.4, 0.5) is 5.82 Å². The molecule has 0 unspecified atom stereocenters.